The summed E-state index contributed by atoms with van der Waals surface area (Å²) in [6, 6.07) is 16.3. The first-order valence-corrected chi connectivity index (χ1v) is 20.8. The van der Waals surface area contributed by atoms with Crippen LogP contribution in [0.2, 0.25) is 45.3 Å². The van der Waals surface area contributed by atoms with Gasteiger partial charge in [0, 0.05) is 0 Å². The zero-order chi connectivity index (χ0) is 27.0. The quantitative estimate of drug-likeness (QED) is 0.0899. The van der Waals surface area contributed by atoms with Crippen molar-refractivity contribution in [2.75, 3.05) is 6.61 Å². The molecule has 2 aromatic carbocycles. The van der Waals surface area contributed by atoms with Crippen molar-refractivity contribution in [3.63, 3.8) is 0 Å². The third-order valence-electron chi connectivity index (χ3n) is 5.52. The van der Waals surface area contributed by atoms with Crippen molar-refractivity contribution in [2.45, 2.75) is 51.7 Å². The SMILES string of the molecule is C=CC(=C)[Si](C)(C)O[Si](C)(C)O[Si](C)(C)CCCOc1ccc(C(=O)Oc2ccc(C#N)cc2)cc1. The second-order valence-electron chi connectivity index (χ2n) is 10.1. The molecule has 0 fully saturated rings. The molecule has 0 radical (unpaired) electrons. The van der Waals surface area contributed by atoms with Crippen LogP contribution in [0, 0.1) is 11.3 Å². The van der Waals surface area contributed by atoms with Crippen molar-refractivity contribution in [1.82, 2.24) is 0 Å². The van der Waals surface area contributed by atoms with Gasteiger partial charge in [-0.15, -0.1) is 0 Å². The van der Waals surface area contributed by atoms with Crippen molar-refractivity contribution >= 4 is 31.2 Å². The number of esters is 1. The van der Waals surface area contributed by atoms with Gasteiger partial charge in [-0.25, -0.2) is 4.79 Å². The van der Waals surface area contributed by atoms with Crippen LogP contribution in [0.4, 0.5) is 0 Å². The first kappa shape index (κ1) is 29.5. The summed E-state index contributed by atoms with van der Waals surface area (Å²) in [7, 11) is -6.34. The molecule has 0 atom stereocenters. The maximum atomic E-state index is 12.4. The molecular weight excluding hydrogens is 503 g/mol. The number of nitrogens with zero attached hydrogens (tertiary/aromatic N) is 1. The summed E-state index contributed by atoms with van der Waals surface area (Å²) in [5, 5.41) is 9.84. The van der Waals surface area contributed by atoms with E-state index in [9.17, 15) is 4.79 Å². The number of nitriles is 1. The van der Waals surface area contributed by atoms with Crippen LogP contribution in [-0.4, -0.2) is 37.8 Å². The second-order valence-corrected chi connectivity index (χ2v) is 22.2. The van der Waals surface area contributed by atoms with Crippen LogP contribution in [0.15, 0.2) is 73.0 Å². The smallest absolute Gasteiger partial charge is 0.343 e. The molecule has 0 amide bonds. The Morgan fingerprint density at radius 3 is 2.08 bits per heavy atom. The molecular formula is C27H37NO5Si3. The van der Waals surface area contributed by atoms with Crippen LogP contribution in [-0.2, 0) is 8.23 Å². The Labute approximate surface area is 218 Å². The molecule has 9 heteroatoms. The lowest BCUT2D eigenvalue weighted by Crippen LogP contribution is -2.52. The minimum atomic E-state index is -2.31. The van der Waals surface area contributed by atoms with E-state index in [0.29, 0.717) is 29.2 Å². The zero-order valence-electron chi connectivity index (χ0n) is 22.2. The van der Waals surface area contributed by atoms with E-state index >= 15 is 0 Å². The standard InChI is InChI=1S/C27H37NO5Si3/c1-9-22(2)35(5,6)33-36(7,8)32-34(3,4)20-10-19-30-25-17-13-24(14-18-25)27(29)31-26-15-11-23(21-28)12-16-26/h9,11-18H,1-2,10,19-20H2,3-8H3. The fraction of sp³-hybridized carbons (Fsp3) is 0.333. The average molecular weight is 540 g/mol. The lowest BCUT2D eigenvalue weighted by Gasteiger charge is -2.39. The highest BCUT2D eigenvalue weighted by atomic mass is 28.5. The average Bonchev–Trinajstić information content (AvgIpc) is 2.80. The van der Waals surface area contributed by atoms with E-state index in [1.54, 1.807) is 54.6 Å². The molecule has 2 aromatic rings. The van der Waals surface area contributed by atoms with Crippen LogP contribution in [0.3, 0.4) is 0 Å². The number of hydrogen-bond donors (Lipinski definition) is 0. The number of carbonyl (C=O) groups excluding carboxylic acids is 1. The molecule has 2 rings (SSSR count). The van der Waals surface area contributed by atoms with Gasteiger partial charge in [-0.3, -0.25) is 0 Å². The van der Waals surface area contributed by atoms with Crippen LogP contribution < -0.4 is 9.47 Å². The molecule has 0 unspecified atom stereocenters. The van der Waals surface area contributed by atoms with Gasteiger partial charge >= 0.3 is 14.5 Å². The minimum Gasteiger partial charge on any atom is -0.494 e. The van der Waals surface area contributed by atoms with Gasteiger partial charge in [-0.05, 0) is 105 Å². The van der Waals surface area contributed by atoms with Crippen molar-refractivity contribution in [3.8, 4) is 17.6 Å². The van der Waals surface area contributed by atoms with Crippen LogP contribution in [0.1, 0.15) is 22.3 Å². The highest BCUT2D eigenvalue weighted by Crippen LogP contribution is 2.27. The lowest BCUT2D eigenvalue weighted by atomic mass is 10.2. The lowest BCUT2D eigenvalue weighted by molar-refractivity contribution is 0.0734. The molecule has 6 nitrogen and oxygen atoms in total. The maximum Gasteiger partial charge on any atom is 0.343 e. The Hall–Kier alpha value is -2.75. The Kier molecular flexibility index (Phi) is 10.2. The summed E-state index contributed by atoms with van der Waals surface area (Å²) in [5.41, 5.74) is 0.930. The summed E-state index contributed by atoms with van der Waals surface area (Å²) in [6.07, 6.45) is 2.66. The summed E-state index contributed by atoms with van der Waals surface area (Å²) in [6.45, 7) is 21.4. The van der Waals surface area contributed by atoms with Crippen LogP contribution in [0.25, 0.3) is 0 Å². The Bertz CT molecular complexity index is 1100. The third kappa shape index (κ3) is 9.37. The predicted molar refractivity (Wildman–Crippen MR) is 151 cm³/mol. The van der Waals surface area contributed by atoms with E-state index in [0.717, 1.165) is 17.7 Å². The largest absolute Gasteiger partial charge is 0.494 e. The fourth-order valence-electron chi connectivity index (χ4n) is 3.80. The number of carbonyl (C=O) groups is 1. The summed E-state index contributed by atoms with van der Waals surface area (Å²) in [5.74, 6) is 0.619. The van der Waals surface area contributed by atoms with E-state index in [4.69, 9.17) is 23.0 Å². The normalized spacial score (nSPS) is 11.9. The van der Waals surface area contributed by atoms with E-state index < -0.39 is 31.2 Å². The predicted octanol–water partition coefficient (Wildman–Crippen LogP) is 6.97. The molecule has 0 heterocycles. The Morgan fingerprint density at radius 2 is 1.53 bits per heavy atom. The second kappa shape index (κ2) is 12.5. The molecule has 0 aromatic heterocycles. The maximum absolute atomic E-state index is 12.4. The van der Waals surface area contributed by atoms with Gasteiger partial charge in [0.15, 0.2) is 8.32 Å². The van der Waals surface area contributed by atoms with E-state index in [2.05, 4.69) is 52.4 Å². The summed E-state index contributed by atoms with van der Waals surface area (Å²) in [4.78, 5) is 12.4. The Balaban J connectivity index is 1.81. The van der Waals surface area contributed by atoms with Gasteiger partial charge < -0.3 is 17.7 Å². The van der Waals surface area contributed by atoms with Crippen LogP contribution >= 0.6 is 0 Å². The van der Waals surface area contributed by atoms with Crippen molar-refractivity contribution in [2.24, 2.45) is 0 Å². The summed E-state index contributed by atoms with van der Waals surface area (Å²) < 4.78 is 24.3. The highest BCUT2D eigenvalue weighted by molar-refractivity contribution is 6.90. The van der Waals surface area contributed by atoms with E-state index in [1.807, 2.05) is 6.07 Å². The summed E-state index contributed by atoms with van der Waals surface area (Å²) >= 11 is 0. The van der Waals surface area contributed by atoms with E-state index in [-0.39, 0.29) is 0 Å². The van der Waals surface area contributed by atoms with E-state index in [1.165, 1.54) is 0 Å². The van der Waals surface area contributed by atoms with Crippen molar-refractivity contribution < 1.29 is 22.5 Å². The van der Waals surface area contributed by atoms with Crippen LogP contribution in [0.5, 0.6) is 11.5 Å². The topological polar surface area (TPSA) is 77.8 Å². The van der Waals surface area contributed by atoms with Crippen molar-refractivity contribution in [3.05, 3.63) is 84.1 Å². The molecule has 0 bridgehead atoms. The van der Waals surface area contributed by atoms with Gasteiger partial charge in [0.25, 0.3) is 0 Å². The van der Waals surface area contributed by atoms with Gasteiger partial charge in [0.05, 0.1) is 23.8 Å². The number of allylic oxidation sites excluding steroid dienone is 2. The molecule has 0 aliphatic heterocycles. The molecule has 36 heavy (non-hydrogen) atoms. The van der Waals surface area contributed by atoms with Gasteiger partial charge in [-0.2, -0.15) is 5.26 Å². The Morgan fingerprint density at radius 1 is 0.944 bits per heavy atom. The van der Waals surface area contributed by atoms with Gasteiger partial charge in [-0.1, -0.05) is 19.2 Å². The zero-order valence-corrected chi connectivity index (χ0v) is 25.2. The molecule has 0 saturated heterocycles. The number of benzene rings is 2. The molecule has 192 valence electrons. The molecule has 0 spiro atoms. The molecule has 0 aliphatic carbocycles. The molecule has 0 N–H and O–H groups in total. The monoisotopic (exact) mass is 539 g/mol. The number of rotatable bonds is 13. The third-order valence-corrected chi connectivity index (χ3v) is 17.0. The molecule has 0 saturated carbocycles. The fourth-order valence-corrected chi connectivity index (χ4v) is 17.0. The van der Waals surface area contributed by atoms with Crippen molar-refractivity contribution in [1.29, 1.82) is 5.26 Å². The highest BCUT2D eigenvalue weighted by Gasteiger charge is 2.40. The van der Waals surface area contributed by atoms with Gasteiger partial charge in [0.1, 0.15) is 11.5 Å². The minimum absolute atomic E-state index is 0.390. The first-order chi connectivity index (χ1) is 16.8. The first-order valence-electron chi connectivity index (χ1n) is 11.9. The van der Waals surface area contributed by atoms with Gasteiger partial charge in [0.2, 0.25) is 8.32 Å². The number of ether oxygens (including phenoxy) is 2. The number of hydrogen-bond acceptors (Lipinski definition) is 6. The molecule has 0 aliphatic rings.